The summed E-state index contributed by atoms with van der Waals surface area (Å²) in [6.45, 7) is 2.37. The number of phenolic OH excluding ortho intramolecular Hbond substituents is 1. The number of anilines is 1. The van der Waals surface area contributed by atoms with Crippen molar-refractivity contribution >= 4 is 23.8 Å². The standard InChI is InChI=1S/C20H22N2O5/c1-4-22(2)20(25)27-16-7-5-6-15(13-16)21-19(24)11-9-14-8-10-17(23)18(12-14)26-3/h5-13,23H,4H2,1-3H3,(H,21,24)/b11-9+. The molecule has 0 aromatic heterocycles. The number of amides is 2. The number of methoxy groups -OCH3 is 1. The van der Waals surface area contributed by atoms with Gasteiger partial charge in [0.25, 0.3) is 0 Å². The van der Waals surface area contributed by atoms with Crippen molar-refractivity contribution in [2.45, 2.75) is 6.92 Å². The number of ether oxygens (including phenoxy) is 2. The predicted molar refractivity (Wildman–Crippen MR) is 103 cm³/mol. The average Bonchev–Trinajstić information content (AvgIpc) is 2.66. The zero-order valence-electron chi connectivity index (χ0n) is 15.4. The third-order valence-electron chi connectivity index (χ3n) is 3.72. The number of phenols is 1. The Morgan fingerprint density at radius 2 is 2.00 bits per heavy atom. The molecule has 0 atom stereocenters. The highest BCUT2D eigenvalue weighted by molar-refractivity contribution is 6.02. The molecule has 0 saturated carbocycles. The fraction of sp³-hybridized carbons (Fsp3) is 0.200. The van der Waals surface area contributed by atoms with Crippen LogP contribution in [0.15, 0.2) is 48.5 Å². The van der Waals surface area contributed by atoms with E-state index in [4.69, 9.17) is 9.47 Å². The molecular weight excluding hydrogens is 348 g/mol. The van der Waals surface area contributed by atoms with Gasteiger partial charge in [0.15, 0.2) is 11.5 Å². The van der Waals surface area contributed by atoms with Crippen LogP contribution in [0.25, 0.3) is 6.08 Å². The molecule has 0 saturated heterocycles. The van der Waals surface area contributed by atoms with Crippen LogP contribution >= 0.6 is 0 Å². The van der Waals surface area contributed by atoms with E-state index < -0.39 is 6.09 Å². The second-order valence-electron chi connectivity index (χ2n) is 5.66. The van der Waals surface area contributed by atoms with Crippen LogP contribution in [0.1, 0.15) is 12.5 Å². The lowest BCUT2D eigenvalue weighted by Gasteiger charge is -2.14. The van der Waals surface area contributed by atoms with Gasteiger partial charge in [-0.25, -0.2) is 4.79 Å². The van der Waals surface area contributed by atoms with Crippen LogP contribution in [-0.2, 0) is 4.79 Å². The number of carbonyl (C=O) groups excluding carboxylic acids is 2. The zero-order valence-corrected chi connectivity index (χ0v) is 15.4. The molecule has 0 aliphatic rings. The van der Waals surface area contributed by atoms with Gasteiger partial charge in [-0.15, -0.1) is 0 Å². The maximum atomic E-state index is 12.1. The van der Waals surface area contributed by atoms with Crippen LogP contribution < -0.4 is 14.8 Å². The number of aromatic hydroxyl groups is 1. The van der Waals surface area contributed by atoms with E-state index in [1.165, 1.54) is 24.2 Å². The van der Waals surface area contributed by atoms with Crippen LogP contribution in [0.5, 0.6) is 17.2 Å². The Morgan fingerprint density at radius 3 is 2.70 bits per heavy atom. The molecule has 2 amide bonds. The van der Waals surface area contributed by atoms with Crippen LogP contribution in [0, 0.1) is 0 Å². The van der Waals surface area contributed by atoms with Crippen molar-refractivity contribution in [3.8, 4) is 17.2 Å². The Hall–Kier alpha value is -3.48. The first kappa shape index (κ1) is 19.8. The lowest BCUT2D eigenvalue weighted by Crippen LogP contribution is -2.29. The minimum Gasteiger partial charge on any atom is -0.504 e. The van der Waals surface area contributed by atoms with E-state index in [1.807, 2.05) is 6.92 Å². The molecule has 27 heavy (non-hydrogen) atoms. The minimum atomic E-state index is -0.470. The monoisotopic (exact) mass is 370 g/mol. The highest BCUT2D eigenvalue weighted by atomic mass is 16.6. The second-order valence-corrected chi connectivity index (χ2v) is 5.66. The van der Waals surface area contributed by atoms with Gasteiger partial charge in [-0.05, 0) is 42.8 Å². The van der Waals surface area contributed by atoms with Gasteiger partial charge in [0.2, 0.25) is 5.91 Å². The molecule has 7 heteroatoms. The summed E-state index contributed by atoms with van der Waals surface area (Å²) < 4.78 is 10.3. The summed E-state index contributed by atoms with van der Waals surface area (Å²) in [7, 11) is 3.09. The summed E-state index contributed by atoms with van der Waals surface area (Å²) in [6, 6.07) is 11.3. The Bertz CT molecular complexity index is 848. The largest absolute Gasteiger partial charge is 0.504 e. The van der Waals surface area contributed by atoms with Crippen molar-refractivity contribution in [2.24, 2.45) is 0 Å². The Balaban J connectivity index is 2.01. The molecule has 2 rings (SSSR count). The van der Waals surface area contributed by atoms with Crippen LogP contribution in [0.3, 0.4) is 0 Å². The van der Waals surface area contributed by atoms with Crippen molar-refractivity contribution in [3.05, 3.63) is 54.1 Å². The zero-order chi connectivity index (χ0) is 19.8. The molecule has 0 fully saturated rings. The molecule has 142 valence electrons. The Labute approximate surface area is 157 Å². The Kier molecular flexibility index (Phi) is 6.82. The first-order valence-electron chi connectivity index (χ1n) is 8.32. The van der Waals surface area contributed by atoms with Crippen molar-refractivity contribution in [2.75, 3.05) is 26.0 Å². The van der Waals surface area contributed by atoms with Crippen molar-refractivity contribution in [3.63, 3.8) is 0 Å². The fourth-order valence-corrected chi connectivity index (χ4v) is 2.10. The number of hydrogen-bond acceptors (Lipinski definition) is 5. The molecule has 2 aromatic rings. The van der Waals surface area contributed by atoms with Gasteiger partial charge in [-0.2, -0.15) is 0 Å². The van der Waals surface area contributed by atoms with Crippen molar-refractivity contribution < 1.29 is 24.2 Å². The van der Waals surface area contributed by atoms with Crippen molar-refractivity contribution in [1.82, 2.24) is 4.90 Å². The molecule has 0 bridgehead atoms. The Morgan fingerprint density at radius 1 is 1.22 bits per heavy atom. The van der Waals surface area contributed by atoms with Crippen molar-refractivity contribution in [1.29, 1.82) is 0 Å². The average molecular weight is 370 g/mol. The van der Waals surface area contributed by atoms with Crippen LogP contribution in [0.2, 0.25) is 0 Å². The number of hydrogen-bond donors (Lipinski definition) is 2. The molecule has 0 heterocycles. The number of nitrogens with zero attached hydrogens (tertiary/aromatic N) is 1. The summed E-state index contributed by atoms with van der Waals surface area (Å²) in [4.78, 5) is 25.3. The normalized spacial score (nSPS) is 10.5. The molecule has 0 aliphatic heterocycles. The number of rotatable bonds is 6. The first-order chi connectivity index (χ1) is 12.9. The highest BCUT2D eigenvalue weighted by Gasteiger charge is 2.09. The SMILES string of the molecule is CCN(C)C(=O)Oc1cccc(NC(=O)/C=C/c2ccc(O)c(OC)c2)c1. The van der Waals surface area contributed by atoms with Crippen LogP contribution in [0.4, 0.5) is 10.5 Å². The van der Waals surface area contributed by atoms with E-state index in [1.54, 1.807) is 49.5 Å². The van der Waals surface area contributed by atoms with E-state index in [2.05, 4.69) is 5.32 Å². The van der Waals surface area contributed by atoms with E-state index in [0.29, 0.717) is 29.3 Å². The van der Waals surface area contributed by atoms with Gasteiger partial charge in [-0.3, -0.25) is 4.79 Å². The molecule has 0 unspecified atom stereocenters. The molecule has 2 N–H and O–H groups in total. The predicted octanol–water partition coefficient (Wildman–Crippen LogP) is 3.50. The van der Waals surface area contributed by atoms with Gasteiger partial charge < -0.3 is 24.8 Å². The first-order valence-corrected chi connectivity index (χ1v) is 8.32. The third kappa shape index (κ3) is 5.78. The second kappa shape index (κ2) is 9.28. The lowest BCUT2D eigenvalue weighted by molar-refractivity contribution is -0.111. The fourth-order valence-electron chi connectivity index (χ4n) is 2.10. The lowest BCUT2D eigenvalue weighted by atomic mass is 10.2. The van der Waals surface area contributed by atoms with Gasteiger partial charge in [0, 0.05) is 31.4 Å². The summed E-state index contributed by atoms with van der Waals surface area (Å²) >= 11 is 0. The maximum absolute atomic E-state index is 12.1. The maximum Gasteiger partial charge on any atom is 0.414 e. The van der Waals surface area contributed by atoms with Gasteiger partial charge >= 0.3 is 6.09 Å². The van der Waals surface area contributed by atoms with E-state index >= 15 is 0 Å². The molecule has 0 radical (unpaired) electrons. The molecule has 0 spiro atoms. The summed E-state index contributed by atoms with van der Waals surface area (Å²) in [5.41, 5.74) is 1.20. The molecule has 0 aliphatic carbocycles. The highest BCUT2D eigenvalue weighted by Crippen LogP contribution is 2.26. The number of benzene rings is 2. The smallest absolute Gasteiger partial charge is 0.414 e. The summed E-state index contributed by atoms with van der Waals surface area (Å²) in [6.07, 6.45) is 2.48. The minimum absolute atomic E-state index is 0.0270. The third-order valence-corrected chi connectivity index (χ3v) is 3.72. The quantitative estimate of drug-likeness (QED) is 0.760. The van der Waals surface area contributed by atoms with Gasteiger partial charge in [0.1, 0.15) is 5.75 Å². The van der Waals surface area contributed by atoms with E-state index in [0.717, 1.165) is 0 Å². The molecule has 2 aromatic carbocycles. The summed E-state index contributed by atoms with van der Waals surface area (Å²) in [5, 5.41) is 12.3. The van der Waals surface area contributed by atoms with Crippen LogP contribution in [-0.4, -0.2) is 42.7 Å². The van der Waals surface area contributed by atoms with Gasteiger partial charge in [-0.1, -0.05) is 12.1 Å². The molecule has 7 nitrogen and oxygen atoms in total. The van der Waals surface area contributed by atoms with Gasteiger partial charge in [0.05, 0.1) is 7.11 Å². The topological polar surface area (TPSA) is 88.1 Å². The number of nitrogens with one attached hydrogen (secondary N) is 1. The van der Waals surface area contributed by atoms with E-state index in [-0.39, 0.29) is 11.7 Å². The van der Waals surface area contributed by atoms with E-state index in [9.17, 15) is 14.7 Å². The number of carbonyl (C=O) groups is 2. The molecular formula is C20H22N2O5. The summed E-state index contributed by atoms with van der Waals surface area (Å²) in [5.74, 6) is 0.338.